The van der Waals surface area contributed by atoms with Crippen LogP contribution in [-0.2, 0) is 4.74 Å². The molecule has 3 nitrogen and oxygen atoms in total. The number of hydrogen-bond acceptors (Lipinski definition) is 3. The SMILES string of the molecule is CC(C)N1CCOC(COc2cc(Br)ccc2F)C1. The smallest absolute Gasteiger partial charge is 0.165 e. The lowest BCUT2D eigenvalue weighted by molar-refractivity contribution is -0.0568. The Hall–Kier alpha value is -0.650. The van der Waals surface area contributed by atoms with Crippen LogP contribution in [0, 0.1) is 5.82 Å². The lowest BCUT2D eigenvalue weighted by Gasteiger charge is -2.35. The fourth-order valence-corrected chi connectivity index (χ4v) is 2.42. The second-order valence-corrected chi connectivity index (χ2v) is 5.88. The molecule has 5 heteroatoms. The van der Waals surface area contributed by atoms with E-state index in [0.29, 0.717) is 19.3 Å². The molecule has 1 atom stereocenters. The van der Waals surface area contributed by atoms with Gasteiger partial charge in [0, 0.05) is 23.6 Å². The molecule has 1 aliphatic heterocycles. The van der Waals surface area contributed by atoms with Crippen LogP contribution in [0.2, 0.25) is 0 Å². The van der Waals surface area contributed by atoms with Crippen LogP contribution in [0.1, 0.15) is 13.8 Å². The molecule has 0 aliphatic carbocycles. The van der Waals surface area contributed by atoms with Gasteiger partial charge in [-0.3, -0.25) is 4.90 Å². The summed E-state index contributed by atoms with van der Waals surface area (Å²) in [5, 5.41) is 0. The lowest BCUT2D eigenvalue weighted by Crippen LogP contribution is -2.47. The molecule has 1 unspecified atom stereocenters. The van der Waals surface area contributed by atoms with Crippen LogP contribution >= 0.6 is 15.9 Å². The van der Waals surface area contributed by atoms with E-state index in [1.807, 2.05) is 0 Å². The van der Waals surface area contributed by atoms with Gasteiger partial charge < -0.3 is 9.47 Å². The zero-order valence-corrected chi connectivity index (χ0v) is 12.8. The maximum absolute atomic E-state index is 13.5. The van der Waals surface area contributed by atoms with E-state index < -0.39 is 0 Å². The Labute approximate surface area is 121 Å². The summed E-state index contributed by atoms with van der Waals surface area (Å²) in [6, 6.07) is 5.17. The van der Waals surface area contributed by atoms with Gasteiger partial charge in [-0.15, -0.1) is 0 Å². The lowest BCUT2D eigenvalue weighted by atomic mass is 10.2. The molecular formula is C14H19BrFNO2. The van der Waals surface area contributed by atoms with Gasteiger partial charge in [0.25, 0.3) is 0 Å². The topological polar surface area (TPSA) is 21.7 Å². The summed E-state index contributed by atoms with van der Waals surface area (Å²) in [5.74, 6) is -0.0839. The summed E-state index contributed by atoms with van der Waals surface area (Å²) in [6.07, 6.45) is -0.00506. The minimum atomic E-state index is -0.347. The van der Waals surface area contributed by atoms with Gasteiger partial charge in [0.05, 0.1) is 6.61 Å². The molecule has 2 rings (SSSR count). The third-order valence-corrected chi connectivity index (χ3v) is 3.71. The van der Waals surface area contributed by atoms with Crippen molar-refractivity contribution in [3.63, 3.8) is 0 Å². The van der Waals surface area contributed by atoms with E-state index in [1.54, 1.807) is 12.1 Å². The molecule has 1 fully saturated rings. The number of nitrogens with zero attached hydrogens (tertiary/aromatic N) is 1. The van der Waals surface area contributed by atoms with Crippen LogP contribution in [0.5, 0.6) is 5.75 Å². The van der Waals surface area contributed by atoms with Crippen LogP contribution < -0.4 is 4.74 Å². The number of rotatable bonds is 4. The van der Waals surface area contributed by atoms with Crippen molar-refractivity contribution in [2.45, 2.75) is 26.0 Å². The molecule has 0 bridgehead atoms. The molecule has 0 radical (unpaired) electrons. The number of morpholine rings is 1. The standard InChI is InChI=1S/C14H19BrFNO2/c1-10(2)17-5-6-18-12(8-17)9-19-14-7-11(15)3-4-13(14)16/h3-4,7,10,12H,5-6,8-9H2,1-2H3. The monoisotopic (exact) mass is 331 g/mol. The average molecular weight is 332 g/mol. The largest absolute Gasteiger partial charge is 0.488 e. The van der Waals surface area contributed by atoms with E-state index >= 15 is 0 Å². The third-order valence-electron chi connectivity index (χ3n) is 3.22. The second kappa shape index (κ2) is 6.68. The fourth-order valence-electron chi connectivity index (χ4n) is 2.08. The van der Waals surface area contributed by atoms with Crippen LogP contribution in [0.25, 0.3) is 0 Å². The number of halogens is 2. The molecule has 0 aromatic heterocycles. The Bertz CT molecular complexity index is 428. The zero-order chi connectivity index (χ0) is 13.8. The van der Waals surface area contributed by atoms with Gasteiger partial charge in [-0.25, -0.2) is 4.39 Å². The van der Waals surface area contributed by atoms with Crippen molar-refractivity contribution in [1.29, 1.82) is 0 Å². The molecule has 106 valence electrons. The molecule has 1 saturated heterocycles. The van der Waals surface area contributed by atoms with Gasteiger partial charge in [0.15, 0.2) is 11.6 Å². The molecule has 0 spiro atoms. The number of hydrogen-bond donors (Lipinski definition) is 0. The van der Waals surface area contributed by atoms with Crippen molar-refractivity contribution in [2.24, 2.45) is 0 Å². The Balaban J connectivity index is 1.89. The van der Waals surface area contributed by atoms with Crippen molar-refractivity contribution in [1.82, 2.24) is 4.90 Å². The first kappa shape index (κ1) is 14.8. The Kier molecular flexibility index (Phi) is 5.19. The van der Waals surface area contributed by atoms with Crippen molar-refractivity contribution >= 4 is 15.9 Å². The van der Waals surface area contributed by atoms with Gasteiger partial charge in [-0.05, 0) is 32.0 Å². The fraction of sp³-hybridized carbons (Fsp3) is 0.571. The van der Waals surface area contributed by atoms with Crippen LogP contribution in [-0.4, -0.2) is 43.3 Å². The minimum Gasteiger partial charge on any atom is -0.488 e. The summed E-state index contributed by atoms with van der Waals surface area (Å²) >= 11 is 3.30. The maximum Gasteiger partial charge on any atom is 0.165 e. The second-order valence-electron chi connectivity index (χ2n) is 4.97. The van der Waals surface area contributed by atoms with E-state index in [1.165, 1.54) is 6.07 Å². The molecule has 19 heavy (non-hydrogen) atoms. The normalized spacial score (nSPS) is 20.8. The highest BCUT2D eigenvalue weighted by Gasteiger charge is 2.23. The first-order chi connectivity index (χ1) is 9.06. The van der Waals surface area contributed by atoms with Crippen molar-refractivity contribution in [3.05, 3.63) is 28.5 Å². The van der Waals surface area contributed by atoms with Gasteiger partial charge in [0.2, 0.25) is 0 Å². The van der Waals surface area contributed by atoms with Crippen LogP contribution in [0.3, 0.4) is 0 Å². The van der Waals surface area contributed by atoms with Gasteiger partial charge in [-0.2, -0.15) is 0 Å². The highest BCUT2D eigenvalue weighted by molar-refractivity contribution is 9.10. The van der Waals surface area contributed by atoms with E-state index in [9.17, 15) is 4.39 Å². The predicted molar refractivity (Wildman–Crippen MR) is 76.0 cm³/mol. The molecule has 0 saturated carbocycles. The molecule has 0 N–H and O–H groups in total. The molecule has 1 aromatic carbocycles. The van der Waals surface area contributed by atoms with E-state index in [4.69, 9.17) is 9.47 Å². The quantitative estimate of drug-likeness (QED) is 0.846. The van der Waals surface area contributed by atoms with E-state index in [0.717, 1.165) is 17.6 Å². The molecule has 1 heterocycles. The summed E-state index contributed by atoms with van der Waals surface area (Å²) in [7, 11) is 0. The Morgan fingerprint density at radius 1 is 1.53 bits per heavy atom. The molecule has 1 aromatic rings. The first-order valence-electron chi connectivity index (χ1n) is 6.50. The molecule has 1 aliphatic rings. The van der Waals surface area contributed by atoms with Gasteiger partial charge in [0.1, 0.15) is 12.7 Å². The van der Waals surface area contributed by atoms with Gasteiger partial charge >= 0.3 is 0 Å². The van der Waals surface area contributed by atoms with Gasteiger partial charge in [-0.1, -0.05) is 15.9 Å². The van der Waals surface area contributed by atoms with E-state index in [2.05, 4.69) is 34.7 Å². The van der Waals surface area contributed by atoms with E-state index in [-0.39, 0.29) is 17.7 Å². The third kappa shape index (κ3) is 4.16. The maximum atomic E-state index is 13.5. The average Bonchev–Trinajstić information content (AvgIpc) is 2.40. The number of benzene rings is 1. The minimum absolute atomic E-state index is 0.00506. The van der Waals surface area contributed by atoms with Crippen molar-refractivity contribution < 1.29 is 13.9 Å². The Morgan fingerprint density at radius 2 is 2.32 bits per heavy atom. The van der Waals surface area contributed by atoms with Crippen molar-refractivity contribution in [2.75, 3.05) is 26.3 Å². The summed E-state index contributed by atoms with van der Waals surface area (Å²) < 4.78 is 25.5. The Morgan fingerprint density at radius 3 is 3.05 bits per heavy atom. The summed E-state index contributed by atoms with van der Waals surface area (Å²) in [6.45, 7) is 7.17. The van der Waals surface area contributed by atoms with Crippen LogP contribution in [0.4, 0.5) is 4.39 Å². The predicted octanol–water partition coefficient (Wildman–Crippen LogP) is 3.08. The summed E-state index contributed by atoms with van der Waals surface area (Å²) in [4.78, 5) is 2.34. The highest BCUT2D eigenvalue weighted by atomic mass is 79.9. The summed E-state index contributed by atoms with van der Waals surface area (Å²) in [5.41, 5.74) is 0. The first-order valence-corrected chi connectivity index (χ1v) is 7.29. The molecular weight excluding hydrogens is 313 g/mol. The molecule has 0 amide bonds. The van der Waals surface area contributed by atoms with Crippen LogP contribution in [0.15, 0.2) is 22.7 Å². The number of ether oxygens (including phenoxy) is 2. The van der Waals surface area contributed by atoms with Crippen molar-refractivity contribution in [3.8, 4) is 5.75 Å². The zero-order valence-electron chi connectivity index (χ0n) is 11.2. The highest BCUT2D eigenvalue weighted by Crippen LogP contribution is 2.22.